The van der Waals surface area contributed by atoms with Crippen LogP contribution in [-0.4, -0.2) is 36.1 Å². The number of carbonyl (C=O) groups is 2. The van der Waals surface area contributed by atoms with E-state index in [1.54, 1.807) is 42.2 Å². The molecule has 0 saturated carbocycles. The maximum absolute atomic E-state index is 12.4. The number of halogens is 1. The molecule has 0 fully saturated rings. The predicted molar refractivity (Wildman–Crippen MR) is 111 cm³/mol. The zero-order chi connectivity index (χ0) is 18.8. The topological polar surface area (TPSA) is 70.6 Å². The summed E-state index contributed by atoms with van der Waals surface area (Å²) in [7, 11) is 0. The maximum atomic E-state index is 12.4. The van der Waals surface area contributed by atoms with Crippen molar-refractivity contribution in [1.29, 1.82) is 0 Å². The number of nitrogens with one attached hydrogen (secondary N) is 2. The minimum Gasteiger partial charge on any atom is -0.340 e. The molecule has 2 amide bonds. The third kappa shape index (κ3) is 6.65. The van der Waals surface area contributed by atoms with Gasteiger partial charge >= 0.3 is 0 Å². The monoisotopic (exact) mass is 433 g/mol. The molecule has 0 aliphatic rings. The van der Waals surface area contributed by atoms with Crippen LogP contribution in [0.1, 0.15) is 22.3 Å². The van der Waals surface area contributed by atoms with Gasteiger partial charge in [0, 0.05) is 10.0 Å². The molecule has 0 aromatic heterocycles. The van der Waals surface area contributed by atoms with Crippen molar-refractivity contribution in [2.75, 3.05) is 12.0 Å². The Morgan fingerprint density at radius 3 is 2.50 bits per heavy atom. The lowest BCUT2D eigenvalue weighted by molar-refractivity contribution is -0.123. The lowest BCUT2D eigenvalue weighted by atomic mass is 10.1. The average molecular weight is 434 g/mol. The molecule has 0 saturated heterocycles. The highest BCUT2D eigenvalue weighted by atomic mass is 79.9. The van der Waals surface area contributed by atoms with Gasteiger partial charge in [0.05, 0.1) is 6.21 Å². The minimum absolute atomic E-state index is 0.274. The Labute approximate surface area is 165 Å². The number of rotatable bonds is 8. The molecule has 136 valence electrons. The molecule has 0 spiro atoms. The molecule has 1 atom stereocenters. The number of nitrogens with zero attached hydrogens (tertiary/aromatic N) is 1. The quantitative estimate of drug-likeness (QED) is 0.494. The lowest BCUT2D eigenvalue weighted by Crippen LogP contribution is -2.45. The summed E-state index contributed by atoms with van der Waals surface area (Å²) in [4.78, 5) is 24.7. The van der Waals surface area contributed by atoms with E-state index in [1.807, 2.05) is 36.6 Å². The molecule has 7 heteroatoms. The fourth-order valence-corrected chi connectivity index (χ4v) is 2.87. The molecule has 0 radical (unpaired) electrons. The number of benzene rings is 2. The Morgan fingerprint density at radius 2 is 1.85 bits per heavy atom. The van der Waals surface area contributed by atoms with Crippen LogP contribution in [0.3, 0.4) is 0 Å². The first-order chi connectivity index (χ1) is 12.6. The van der Waals surface area contributed by atoms with Crippen molar-refractivity contribution in [2.45, 2.75) is 12.5 Å². The van der Waals surface area contributed by atoms with Crippen molar-refractivity contribution < 1.29 is 9.59 Å². The molecule has 0 aliphatic heterocycles. The SMILES string of the molecule is CSCC[C@H](NC(=O)c1ccccc1)C(=O)NN=Cc1ccc(Br)cc1. The summed E-state index contributed by atoms with van der Waals surface area (Å²) in [6, 6.07) is 15.7. The number of hydrogen-bond donors (Lipinski definition) is 2. The van der Waals surface area contributed by atoms with Gasteiger partial charge in [-0.25, -0.2) is 5.43 Å². The highest BCUT2D eigenvalue weighted by Crippen LogP contribution is 2.09. The number of hydrazone groups is 1. The molecule has 26 heavy (non-hydrogen) atoms. The largest absolute Gasteiger partial charge is 0.340 e. The highest BCUT2D eigenvalue weighted by molar-refractivity contribution is 9.10. The minimum atomic E-state index is -0.641. The molecular formula is C19H20BrN3O2S. The molecule has 0 heterocycles. The molecule has 2 rings (SSSR count). The van der Waals surface area contributed by atoms with E-state index >= 15 is 0 Å². The van der Waals surface area contributed by atoms with Gasteiger partial charge < -0.3 is 5.32 Å². The summed E-state index contributed by atoms with van der Waals surface area (Å²) in [6.07, 6.45) is 4.05. The van der Waals surface area contributed by atoms with Crippen LogP contribution in [-0.2, 0) is 4.79 Å². The summed E-state index contributed by atoms with van der Waals surface area (Å²) in [5.74, 6) is 0.143. The Hall–Kier alpha value is -2.12. The summed E-state index contributed by atoms with van der Waals surface area (Å²) < 4.78 is 0.972. The summed E-state index contributed by atoms with van der Waals surface area (Å²) in [6.45, 7) is 0. The van der Waals surface area contributed by atoms with Gasteiger partial charge in [0.2, 0.25) is 0 Å². The number of amides is 2. The molecule has 2 aromatic carbocycles. The van der Waals surface area contributed by atoms with Gasteiger partial charge in [-0.1, -0.05) is 46.3 Å². The Kier molecular flexibility index (Phi) is 8.37. The zero-order valence-corrected chi connectivity index (χ0v) is 16.7. The van der Waals surface area contributed by atoms with Crippen LogP contribution < -0.4 is 10.7 Å². The molecular weight excluding hydrogens is 414 g/mol. The lowest BCUT2D eigenvalue weighted by Gasteiger charge is -2.16. The second kappa shape index (κ2) is 10.8. The van der Waals surface area contributed by atoms with Crippen LogP contribution in [0, 0.1) is 0 Å². The van der Waals surface area contributed by atoms with E-state index in [1.165, 1.54) is 0 Å². The molecule has 0 bridgehead atoms. The maximum Gasteiger partial charge on any atom is 0.262 e. The van der Waals surface area contributed by atoms with Crippen LogP contribution in [0.25, 0.3) is 0 Å². The highest BCUT2D eigenvalue weighted by Gasteiger charge is 2.20. The second-order valence-electron chi connectivity index (χ2n) is 5.46. The number of hydrogen-bond acceptors (Lipinski definition) is 4. The smallest absolute Gasteiger partial charge is 0.262 e. The number of carbonyl (C=O) groups excluding carboxylic acids is 2. The molecule has 0 unspecified atom stereocenters. The van der Waals surface area contributed by atoms with Crippen LogP contribution in [0.15, 0.2) is 64.2 Å². The second-order valence-corrected chi connectivity index (χ2v) is 7.36. The predicted octanol–water partition coefficient (Wildman–Crippen LogP) is 3.45. The fraction of sp³-hybridized carbons (Fsp3) is 0.211. The van der Waals surface area contributed by atoms with E-state index in [0.29, 0.717) is 12.0 Å². The van der Waals surface area contributed by atoms with Crippen LogP contribution in [0.5, 0.6) is 0 Å². The van der Waals surface area contributed by atoms with Gasteiger partial charge in [0.15, 0.2) is 0 Å². The normalized spacial score (nSPS) is 11.9. The fourth-order valence-electron chi connectivity index (χ4n) is 2.13. The van der Waals surface area contributed by atoms with Crippen molar-refractivity contribution in [3.05, 3.63) is 70.2 Å². The van der Waals surface area contributed by atoms with E-state index in [9.17, 15) is 9.59 Å². The standard InChI is InChI=1S/C19H20BrN3O2S/c1-26-12-11-17(22-18(24)15-5-3-2-4-6-15)19(25)23-21-13-14-7-9-16(20)10-8-14/h2-10,13,17H,11-12H2,1H3,(H,22,24)(H,23,25)/t17-/m0/s1. The molecule has 2 aromatic rings. The van der Waals surface area contributed by atoms with Crippen LogP contribution in [0.2, 0.25) is 0 Å². The van der Waals surface area contributed by atoms with Crippen molar-refractivity contribution >= 4 is 45.7 Å². The molecule has 5 nitrogen and oxygen atoms in total. The van der Waals surface area contributed by atoms with E-state index in [0.717, 1.165) is 15.8 Å². The van der Waals surface area contributed by atoms with Crippen LogP contribution >= 0.6 is 27.7 Å². The Bertz CT molecular complexity index is 751. The van der Waals surface area contributed by atoms with Crippen molar-refractivity contribution in [2.24, 2.45) is 5.10 Å². The van der Waals surface area contributed by atoms with Gasteiger partial charge in [-0.2, -0.15) is 16.9 Å². The van der Waals surface area contributed by atoms with Gasteiger partial charge in [-0.05, 0) is 48.3 Å². The molecule has 2 N–H and O–H groups in total. The first kappa shape index (κ1) is 20.2. The third-order valence-corrected chi connectivity index (χ3v) is 4.70. The number of thioether (sulfide) groups is 1. The van der Waals surface area contributed by atoms with Gasteiger partial charge in [-0.15, -0.1) is 0 Å². The van der Waals surface area contributed by atoms with Crippen molar-refractivity contribution in [3.63, 3.8) is 0 Å². The van der Waals surface area contributed by atoms with E-state index in [2.05, 4.69) is 31.8 Å². The van der Waals surface area contributed by atoms with Crippen molar-refractivity contribution in [3.8, 4) is 0 Å². The van der Waals surface area contributed by atoms with Crippen LogP contribution in [0.4, 0.5) is 0 Å². The summed E-state index contributed by atoms with van der Waals surface area (Å²) in [5, 5.41) is 6.76. The first-order valence-corrected chi connectivity index (χ1v) is 10.2. The van der Waals surface area contributed by atoms with Crippen molar-refractivity contribution in [1.82, 2.24) is 10.7 Å². The van der Waals surface area contributed by atoms with E-state index < -0.39 is 6.04 Å². The summed E-state index contributed by atoms with van der Waals surface area (Å²) in [5.41, 5.74) is 3.89. The Morgan fingerprint density at radius 1 is 1.15 bits per heavy atom. The van der Waals surface area contributed by atoms with Gasteiger partial charge in [0.1, 0.15) is 6.04 Å². The average Bonchev–Trinajstić information content (AvgIpc) is 2.67. The van der Waals surface area contributed by atoms with E-state index in [4.69, 9.17) is 0 Å². The third-order valence-electron chi connectivity index (χ3n) is 3.53. The van der Waals surface area contributed by atoms with Gasteiger partial charge in [0.25, 0.3) is 11.8 Å². The zero-order valence-electron chi connectivity index (χ0n) is 14.3. The Balaban J connectivity index is 1.97. The van der Waals surface area contributed by atoms with Gasteiger partial charge in [-0.3, -0.25) is 9.59 Å². The first-order valence-electron chi connectivity index (χ1n) is 8.03. The molecule has 0 aliphatic carbocycles. The van der Waals surface area contributed by atoms with E-state index in [-0.39, 0.29) is 11.8 Å². The summed E-state index contributed by atoms with van der Waals surface area (Å²) >= 11 is 4.98.